The van der Waals surface area contributed by atoms with Gasteiger partial charge in [-0.15, -0.1) is 0 Å². The number of fused-ring (bicyclic) bond motifs is 1. The van der Waals surface area contributed by atoms with Crippen LogP contribution in [0.3, 0.4) is 0 Å². The quantitative estimate of drug-likeness (QED) is 0.711. The monoisotopic (exact) mass is 362 g/mol. The Morgan fingerprint density at radius 1 is 0.778 bits per heavy atom. The van der Waals surface area contributed by atoms with Crippen molar-refractivity contribution in [3.05, 3.63) is 74.2 Å². The van der Waals surface area contributed by atoms with Crippen molar-refractivity contribution in [2.45, 2.75) is 0 Å². The van der Waals surface area contributed by atoms with Gasteiger partial charge in [-0.1, -0.05) is 52.3 Å². The maximum atomic E-state index is 12.1. The summed E-state index contributed by atoms with van der Waals surface area (Å²) in [6.07, 6.45) is 0. The third-order valence-corrected chi connectivity index (χ3v) is 4.28. The molecule has 0 aliphatic heterocycles. The molecule has 0 amide bonds. The molecule has 18 heavy (non-hydrogen) atoms. The zero-order valence-electron chi connectivity index (χ0n) is 9.28. The average molecular weight is 364 g/mol. The van der Waals surface area contributed by atoms with Crippen LogP contribution in [0.5, 0.6) is 0 Å². The molecule has 2 aromatic carbocycles. The molecular formula is C15H8Br2O. The topological polar surface area (TPSA) is 17.1 Å². The van der Waals surface area contributed by atoms with Crippen LogP contribution in [0.15, 0.2) is 57.5 Å². The molecule has 3 rings (SSSR count). The predicted molar refractivity (Wildman–Crippen MR) is 79.9 cm³/mol. The Balaban J connectivity index is 2.23. The van der Waals surface area contributed by atoms with Gasteiger partial charge in [0.15, 0.2) is 0 Å². The maximum absolute atomic E-state index is 12.1. The van der Waals surface area contributed by atoms with Crippen LogP contribution in [-0.2, 0) is 0 Å². The Hall–Kier alpha value is -1.19. The van der Waals surface area contributed by atoms with Gasteiger partial charge in [-0.25, -0.2) is 0 Å². The van der Waals surface area contributed by atoms with Gasteiger partial charge >= 0.3 is 0 Å². The fourth-order valence-electron chi connectivity index (χ4n) is 2.15. The second-order valence-corrected chi connectivity index (χ2v) is 5.78. The molecule has 0 unspecified atom stereocenters. The van der Waals surface area contributed by atoms with Crippen molar-refractivity contribution in [1.29, 1.82) is 0 Å². The lowest BCUT2D eigenvalue weighted by Crippen LogP contribution is -1.92. The molecule has 1 aliphatic carbocycles. The van der Waals surface area contributed by atoms with E-state index < -0.39 is 0 Å². The smallest absolute Gasteiger partial charge is 0.201 e. The fraction of sp³-hybridized carbons (Fsp3) is 0. The van der Waals surface area contributed by atoms with E-state index in [9.17, 15) is 4.79 Å². The highest BCUT2D eigenvalue weighted by molar-refractivity contribution is 9.12. The first-order valence-electron chi connectivity index (χ1n) is 5.48. The Bertz CT molecular complexity index is 669. The number of carbonyl (C=O) groups is 1. The lowest BCUT2D eigenvalue weighted by molar-refractivity contribution is 0.104. The van der Waals surface area contributed by atoms with E-state index in [1.807, 2.05) is 48.5 Å². The minimum Gasteiger partial charge on any atom is -0.288 e. The lowest BCUT2D eigenvalue weighted by Gasteiger charge is -2.05. The van der Waals surface area contributed by atoms with Gasteiger partial charge in [-0.2, -0.15) is 0 Å². The maximum Gasteiger partial charge on any atom is 0.201 e. The summed E-state index contributed by atoms with van der Waals surface area (Å²) in [5.74, 6) is 0.0588. The van der Waals surface area contributed by atoms with Gasteiger partial charge in [0.25, 0.3) is 0 Å². The second-order valence-electron chi connectivity index (χ2n) is 4.07. The summed E-state index contributed by atoms with van der Waals surface area (Å²) in [6.45, 7) is 0. The SMILES string of the molecule is O=C1C(Br)=C(c2ccc(Br)cc2)c2ccccc21. The highest BCUT2D eigenvalue weighted by Gasteiger charge is 2.28. The molecule has 0 saturated heterocycles. The number of ketones is 1. The number of benzene rings is 2. The molecule has 0 atom stereocenters. The molecule has 1 nitrogen and oxygen atoms in total. The Morgan fingerprint density at radius 2 is 1.39 bits per heavy atom. The van der Waals surface area contributed by atoms with E-state index in [1.54, 1.807) is 0 Å². The summed E-state index contributed by atoms with van der Waals surface area (Å²) in [6, 6.07) is 15.7. The van der Waals surface area contributed by atoms with Crippen molar-refractivity contribution < 1.29 is 4.79 Å². The molecule has 88 valence electrons. The average Bonchev–Trinajstić information content (AvgIpc) is 2.64. The van der Waals surface area contributed by atoms with E-state index in [1.165, 1.54) is 0 Å². The number of halogens is 2. The zero-order valence-corrected chi connectivity index (χ0v) is 12.5. The molecular weight excluding hydrogens is 356 g/mol. The Labute approximate surface area is 122 Å². The third kappa shape index (κ3) is 1.78. The van der Waals surface area contributed by atoms with Crippen molar-refractivity contribution in [1.82, 2.24) is 0 Å². The molecule has 1 aliphatic rings. The molecule has 0 heterocycles. The summed E-state index contributed by atoms with van der Waals surface area (Å²) < 4.78 is 1.67. The van der Waals surface area contributed by atoms with E-state index >= 15 is 0 Å². The zero-order chi connectivity index (χ0) is 12.7. The van der Waals surface area contributed by atoms with Crippen molar-refractivity contribution in [3.8, 4) is 0 Å². The summed E-state index contributed by atoms with van der Waals surface area (Å²) in [5.41, 5.74) is 3.78. The standard InChI is InChI=1S/C15H8Br2O/c16-10-7-5-9(6-8-10)13-11-3-1-2-4-12(11)15(18)14(13)17/h1-8H. The summed E-state index contributed by atoms with van der Waals surface area (Å²) in [4.78, 5) is 12.1. The Morgan fingerprint density at radius 3 is 2.06 bits per heavy atom. The van der Waals surface area contributed by atoms with Crippen LogP contribution in [-0.4, -0.2) is 5.78 Å². The lowest BCUT2D eigenvalue weighted by atomic mass is 9.99. The highest BCUT2D eigenvalue weighted by Crippen LogP contribution is 2.40. The number of hydrogen-bond donors (Lipinski definition) is 0. The number of Topliss-reactive ketones (excluding diaryl/α,β-unsaturated/α-hetero) is 1. The van der Waals surface area contributed by atoms with Gasteiger partial charge in [0.1, 0.15) is 0 Å². The minimum absolute atomic E-state index is 0.0588. The van der Waals surface area contributed by atoms with Crippen molar-refractivity contribution in [3.63, 3.8) is 0 Å². The van der Waals surface area contributed by atoms with E-state index in [-0.39, 0.29) is 5.78 Å². The molecule has 2 aromatic rings. The van der Waals surface area contributed by atoms with Crippen LogP contribution >= 0.6 is 31.9 Å². The van der Waals surface area contributed by atoms with Crippen LogP contribution in [0.2, 0.25) is 0 Å². The van der Waals surface area contributed by atoms with Gasteiger partial charge in [0, 0.05) is 15.6 Å². The summed E-state index contributed by atoms with van der Waals surface area (Å²) >= 11 is 6.84. The second kappa shape index (κ2) is 4.48. The highest BCUT2D eigenvalue weighted by atomic mass is 79.9. The molecule has 0 fully saturated rings. The van der Waals surface area contributed by atoms with Crippen molar-refractivity contribution in [2.24, 2.45) is 0 Å². The first-order chi connectivity index (χ1) is 8.68. The van der Waals surface area contributed by atoms with Crippen LogP contribution in [0, 0.1) is 0 Å². The summed E-state index contributed by atoms with van der Waals surface area (Å²) in [7, 11) is 0. The van der Waals surface area contributed by atoms with Gasteiger partial charge in [-0.3, -0.25) is 4.79 Å². The predicted octanol–water partition coefficient (Wildman–Crippen LogP) is 4.80. The van der Waals surface area contributed by atoms with Crippen LogP contribution < -0.4 is 0 Å². The number of carbonyl (C=O) groups excluding carboxylic acids is 1. The summed E-state index contributed by atoms with van der Waals surface area (Å²) in [5, 5.41) is 0. The van der Waals surface area contributed by atoms with Crippen LogP contribution in [0.1, 0.15) is 21.5 Å². The Kier molecular flexibility index (Phi) is 2.96. The number of rotatable bonds is 1. The molecule has 3 heteroatoms. The third-order valence-electron chi connectivity index (χ3n) is 2.99. The van der Waals surface area contributed by atoms with Gasteiger partial charge in [-0.05, 0) is 39.2 Å². The molecule has 0 radical (unpaired) electrons. The van der Waals surface area contributed by atoms with E-state index in [0.29, 0.717) is 4.48 Å². The number of allylic oxidation sites excluding steroid dienone is 1. The fourth-order valence-corrected chi connectivity index (χ4v) is 3.07. The van der Waals surface area contributed by atoms with E-state index in [2.05, 4.69) is 31.9 Å². The first kappa shape index (κ1) is 11.9. The van der Waals surface area contributed by atoms with Gasteiger partial charge in [0.05, 0.1) is 4.48 Å². The molecule has 0 N–H and O–H groups in total. The molecule has 0 aromatic heterocycles. The van der Waals surface area contributed by atoms with Gasteiger partial charge < -0.3 is 0 Å². The van der Waals surface area contributed by atoms with Crippen LogP contribution in [0.4, 0.5) is 0 Å². The normalized spacial score (nSPS) is 14.0. The molecule has 0 saturated carbocycles. The first-order valence-corrected chi connectivity index (χ1v) is 7.07. The largest absolute Gasteiger partial charge is 0.288 e. The molecule has 0 bridgehead atoms. The minimum atomic E-state index is 0.0588. The van der Waals surface area contributed by atoms with E-state index in [4.69, 9.17) is 0 Å². The van der Waals surface area contributed by atoms with Gasteiger partial charge in [0.2, 0.25) is 5.78 Å². The molecule has 0 spiro atoms. The van der Waals surface area contributed by atoms with E-state index in [0.717, 1.165) is 26.7 Å². The van der Waals surface area contributed by atoms with Crippen LogP contribution in [0.25, 0.3) is 5.57 Å². The van der Waals surface area contributed by atoms with Crippen molar-refractivity contribution >= 4 is 43.2 Å². The van der Waals surface area contributed by atoms with Crippen molar-refractivity contribution in [2.75, 3.05) is 0 Å². The number of hydrogen-bond acceptors (Lipinski definition) is 1.